The summed E-state index contributed by atoms with van der Waals surface area (Å²) in [5.41, 5.74) is 1.38. The molecular weight excluding hydrogens is 344 g/mol. The third kappa shape index (κ3) is 4.93. The number of hydrogen-bond donors (Lipinski definition) is 1. The fourth-order valence-corrected chi connectivity index (χ4v) is 3.69. The molecule has 0 bridgehead atoms. The predicted octanol–water partition coefficient (Wildman–Crippen LogP) is 1.80. The van der Waals surface area contributed by atoms with Crippen molar-refractivity contribution in [2.24, 2.45) is 0 Å². The molecule has 7 nitrogen and oxygen atoms in total. The van der Waals surface area contributed by atoms with E-state index in [1.807, 2.05) is 42.0 Å². The van der Waals surface area contributed by atoms with E-state index in [9.17, 15) is 9.90 Å². The van der Waals surface area contributed by atoms with Crippen molar-refractivity contribution in [1.82, 2.24) is 20.1 Å². The zero-order valence-electron chi connectivity index (χ0n) is 16.1. The number of carbonyl (C=O) groups excluding carboxylic acids is 1. The molecule has 27 heavy (non-hydrogen) atoms. The van der Waals surface area contributed by atoms with Crippen molar-refractivity contribution in [1.29, 1.82) is 0 Å². The van der Waals surface area contributed by atoms with Gasteiger partial charge in [-0.1, -0.05) is 40.6 Å². The van der Waals surface area contributed by atoms with E-state index in [1.165, 1.54) is 5.56 Å². The van der Waals surface area contributed by atoms with Crippen LogP contribution in [0.15, 0.2) is 35.0 Å². The van der Waals surface area contributed by atoms with E-state index < -0.39 is 5.60 Å². The van der Waals surface area contributed by atoms with E-state index in [-0.39, 0.29) is 12.5 Å². The molecule has 1 N–H and O–H groups in total. The topological polar surface area (TPSA) is 82.7 Å². The number of amides is 1. The Morgan fingerprint density at radius 2 is 2.07 bits per heavy atom. The molecule has 0 spiro atoms. The number of rotatable bonds is 8. The molecule has 1 amide bonds. The minimum atomic E-state index is -1.34. The summed E-state index contributed by atoms with van der Waals surface area (Å²) in [6.45, 7) is 3.97. The van der Waals surface area contributed by atoms with E-state index in [1.54, 1.807) is 0 Å². The molecule has 1 saturated heterocycles. The van der Waals surface area contributed by atoms with Crippen molar-refractivity contribution in [2.75, 3.05) is 26.7 Å². The van der Waals surface area contributed by atoms with Crippen LogP contribution in [-0.4, -0.2) is 63.4 Å². The maximum absolute atomic E-state index is 12.9. The van der Waals surface area contributed by atoms with Gasteiger partial charge in [-0.3, -0.25) is 9.69 Å². The van der Waals surface area contributed by atoms with E-state index >= 15 is 0 Å². The van der Waals surface area contributed by atoms with Gasteiger partial charge in [-0.05, 0) is 45.2 Å². The maximum atomic E-state index is 12.9. The third-order valence-corrected chi connectivity index (χ3v) is 5.14. The van der Waals surface area contributed by atoms with Gasteiger partial charge in [0.15, 0.2) is 5.60 Å². The molecule has 7 heteroatoms. The van der Waals surface area contributed by atoms with Crippen molar-refractivity contribution in [3.63, 3.8) is 0 Å². The normalized spacial score (nSPS) is 20.4. The molecule has 3 rings (SSSR count). The fraction of sp³-hybridized carbons (Fsp3) is 0.550. The average molecular weight is 372 g/mol. The van der Waals surface area contributed by atoms with Gasteiger partial charge in [-0.25, -0.2) is 4.63 Å². The van der Waals surface area contributed by atoms with Crippen LogP contribution >= 0.6 is 0 Å². The van der Waals surface area contributed by atoms with Gasteiger partial charge in [0, 0.05) is 26.2 Å². The average Bonchev–Trinajstić information content (AvgIpc) is 3.04. The number of nitrogens with zero attached hydrogens (tertiary/aromatic N) is 4. The quantitative estimate of drug-likeness (QED) is 0.761. The lowest BCUT2D eigenvalue weighted by Gasteiger charge is -2.40. The Morgan fingerprint density at radius 3 is 2.78 bits per heavy atom. The Bertz CT molecular complexity index is 749. The largest absolute Gasteiger partial charge is 0.379 e. The first-order valence-corrected chi connectivity index (χ1v) is 9.50. The highest BCUT2D eigenvalue weighted by Gasteiger charge is 2.42. The van der Waals surface area contributed by atoms with E-state index in [2.05, 4.69) is 22.4 Å². The number of carbonyl (C=O) groups is 1. The molecule has 0 saturated carbocycles. The smallest absolute Gasteiger partial charge is 0.255 e. The van der Waals surface area contributed by atoms with Crippen LogP contribution in [0.3, 0.4) is 0 Å². The first-order valence-electron chi connectivity index (χ1n) is 9.50. The van der Waals surface area contributed by atoms with Gasteiger partial charge in [-0.15, -0.1) is 0 Å². The van der Waals surface area contributed by atoms with Crippen LogP contribution in [-0.2, 0) is 17.8 Å². The molecule has 146 valence electrons. The Balaban J connectivity index is 1.53. The summed E-state index contributed by atoms with van der Waals surface area (Å²) in [7, 11) is 1.87. The maximum Gasteiger partial charge on any atom is 0.255 e. The zero-order chi connectivity index (χ0) is 19.3. The van der Waals surface area contributed by atoms with Gasteiger partial charge in [0.1, 0.15) is 11.4 Å². The van der Waals surface area contributed by atoms with Crippen LogP contribution in [0.1, 0.15) is 36.2 Å². The minimum Gasteiger partial charge on any atom is -0.379 e. The predicted molar refractivity (Wildman–Crippen MR) is 101 cm³/mol. The molecule has 1 fully saturated rings. The van der Waals surface area contributed by atoms with Crippen LogP contribution in [0, 0.1) is 6.92 Å². The SMILES string of the molecule is Cc1nonc1CN(C)C[C@]1(O)CCCN(CCCc2ccccc2)C1=O. The van der Waals surface area contributed by atoms with Crippen molar-refractivity contribution in [3.05, 3.63) is 47.3 Å². The lowest BCUT2D eigenvalue weighted by atomic mass is 9.91. The number of aromatic nitrogens is 2. The summed E-state index contributed by atoms with van der Waals surface area (Å²) in [4.78, 5) is 16.6. The molecule has 0 unspecified atom stereocenters. The monoisotopic (exact) mass is 372 g/mol. The highest BCUT2D eigenvalue weighted by atomic mass is 16.6. The Morgan fingerprint density at radius 1 is 1.30 bits per heavy atom. The molecule has 1 aromatic heterocycles. The lowest BCUT2D eigenvalue weighted by molar-refractivity contribution is -0.159. The molecule has 1 aliphatic rings. The summed E-state index contributed by atoms with van der Waals surface area (Å²) in [6, 6.07) is 10.3. The summed E-state index contributed by atoms with van der Waals surface area (Å²) in [5, 5.41) is 18.6. The molecule has 2 heterocycles. The molecule has 1 aliphatic heterocycles. The van der Waals surface area contributed by atoms with E-state index in [0.717, 1.165) is 30.7 Å². The van der Waals surface area contributed by atoms with Crippen LogP contribution in [0.5, 0.6) is 0 Å². The second-order valence-corrected chi connectivity index (χ2v) is 7.49. The molecule has 1 aromatic carbocycles. The Kier molecular flexibility index (Phi) is 6.23. The van der Waals surface area contributed by atoms with Crippen molar-refractivity contribution in [2.45, 2.75) is 44.8 Å². The number of likely N-dealkylation sites (tertiary alicyclic amines) is 1. The fourth-order valence-electron chi connectivity index (χ4n) is 3.69. The molecule has 0 aliphatic carbocycles. The number of benzene rings is 1. The summed E-state index contributed by atoms with van der Waals surface area (Å²) in [6.07, 6.45) is 3.13. The van der Waals surface area contributed by atoms with Gasteiger partial charge in [0.05, 0.1) is 0 Å². The molecular formula is C20H28N4O3. The van der Waals surface area contributed by atoms with Gasteiger partial charge in [0.2, 0.25) is 0 Å². The van der Waals surface area contributed by atoms with Crippen LogP contribution < -0.4 is 0 Å². The van der Waals surface area contributed by atoms with E-state index in [4.69, 9.17) is 4.63 Å². The van der Waals surface area contributed by atoms with E-state index in [0.29, 0.717) is 26.1 Å². The van der Waals surface area contributed by atoms with Gasteiger partial charge in [-0.2, -0.15) is 0 Å². The standard InChI is InChI=1S/C20H28N4O3/c1-16-18(22-27-21-16)14-23(2)15-20(26)11-7-13-24(19(20)25)12-6-10-17-8-4-3-5-9-17/h3-5,8-9,26H,6-7,10-15H2,1-2H3/t20-/m1/s1. The summed E-state index contributed by atoms with van der Waals surface area (Å²) in [5.74, 6) is -0.163. The van der Waals surface area contributed by atoms with Gasteiger partial charge < -0.3 is 10.0 Å². The first kappa shape index (κ1) is 19.5. The third-order valence-electron chi connectivity index (χ3n) is 5.14. The lowest BCUT2D eigenvalue weighted by Crippen LogP contribution is -2.58. The number of likely N-dealkylation sites (N-methyl/N-ethyl adjacent to an activating group) is 1. The molecule has 1 atom stereocenters. The highest BCUT2D eigenvalue weighted by molar-refractivity contribution is 5.86. The highest BCUT2D eigenvalue weighted by Crippen LogP contribution is 2.24. The van der Waals surface area contributed by atoms with Crippen molar-refractivity contribution >= 4 is 5.91 Å². The molecule has 2 aromatic rings. The second-order valence-electron chi connectivity index (χ2n) is 7.49. The number of hydrogen-bond acceptors (Lipinski definition) is 6. The number of aryl methyl sites for hydroxylation is 2. The second kappa shape index (κ2) is 8.63. The minimum absolute atomic E-state index is 0.163. The van der Waals surface area contributed by atoms with Crippen molar-refractivity contribution in [3.8, 4) is 0 Å². The van der Waals surface area contributed by atoms with Crippen LogP contribution in [0.4, 0.5) is 0 Å². The van der Waals surface area contributed by atoms with Crippen molar-refractivity contribution < 1.29 is 14.5 Å². The number of piperidine rings is 1. The van der Waals surface area contributed by atoms with Crippen LogP contribution in [0.25, 0.3) is 0 Å². The Hall–Kier alpha value is -2.25. The summed E-state index contributed by atoms with van der Waals surface area (Å²) >= 11 is 0. The number of aliphatic hydroxyl groups is 1. The molecule has 0 radical (unpaired) electrons. The van der Waals surface area contributed by atoms with Crippen LogP contribution in [0.2, 0.25) is 0 Å². The Labute approximate surface area is 159 Å². The summed E-state index contributed by atoms with van der Waals surface area (Å²) < 4.78 is 4.72. The van der Waals surface area contributed by atoms with Gasteiger partial charge in [0.25, 0.3) is 5.91 Å². The zero-order valence-corrected chi connectivity index (χ0v) is 16.1. The van der Waals surface area contributed by atoms with Gasteiger partial charge >= 0.3 is 0 Å². The first-order chi connectivity index (χ1) is 13.0.